The molecule has 2 rings (SSSR count). The van der Waals surface area contributed by atoms with Gasteiger partial charge in [0.2, 0.25) is 5.91 Å². The molecule has 21 heavy (non-hydrogen) atoms. The minimum atomic E-state index is -3.19. The summed E-state index contributed by atoms with van der Waals surface area (Å²) in [5.41, 5.74) is 0.836. The first-order chi connectivity index (χ1) is 9.90. The van der Waals surface area contributed by atoms with Crippen LogP contribution < -0.4 is 0 Å². The minimum absolute atomic E-state index is 0.0840. The quantitative estimate of drug-likeness (QED) is 0.818. The maximum Gasteiger partial charge on any atom is 0.227 e. The highest BCUT2D eigenvalue weighted by atomic mass is 32.2. The number of ether oxygens (including phenoxy) is 1. The van der Waals surface area contributed by atoms with Crippen LogP contribution in [0.2, 0.25) is 0 Å². The molecule has 0 radical (unpaired) electrons. The lowest BCUT2D eigenvalue weighted by molar-refractivity contribution is -0.129. The van der Waals surface area contributed by atoms with E-state index in [2.05, 4.69) is 0 Å². The molecule has 0 bridgehead atoms. The standard InChI is InChI=1S/C15H21NO4S/c1-20-11-13-7-8-16(10-13)15(17)9-12-3-5-14(6-4-12)21(2,18)19/h3-6,13H,7-11H2,1-2H3/t13-/m0/s1. The summed E-state index contributed by atoms with van der Waals surface area (Å²) in [4.78, 5) is 14.3. The summed E-state index contributed by atoms with van der Waals surface area (Å²) in [5, 5.41) is 0. The lowest BCUT2D eigenvalue weighted by Gasteiger charge is -2.16. The van der Waals surface area contributed by atoms with Gasteiger partial charge in [0.15, 0.2) is 9.84 Å². The average Bonchev–Trinajstić information content (AvgIpc) is 2.87. The van der Waals surface area contributed by atoms with Gasteiger partial charge in [-0.2, -0.15) is 0 Å². The van der Waals surface area contributed by atoms with Gasteiger partial charge in [-0.3, -0.25) is 4.79 Å². The molecule has 0 aromatic heterocycles. The Morgan fingerprint density at radius 1 is 1.33 bits per heavy atom. The van der Waals surface area contributed by atoms with E-state index in [9.17, 15) is 13.2 Å². The number of amides is 1. The molecule has 6 heteroatoms. The smallest absolute Gasteiger partial charge is 0.227 e. The van der Waals surface area contributed by atoms with Gasteiger partial charge in [-0.05, 0) is 24.1 Å². The Bertz CT molecular complexity index is 595. The van der Waals surface area contributed by atoms with Crippen molar-refractivity contribution in [1.29, 1.82) is 0 Å². The molecule has 1 amide bonds. The number of nitrogens with zero attached hydrogens (tertiary/aromatic N) is 1. The van der Waals surface area contributed by atoms with Gasteiger partial charge in [-0.1, -0.05) is 12.1 Å². The lowest BCUT2D eigenvalue weighted by atomic mass is 10.1. The Morgan fingerprint density at radius 3 is 2.57 bits per heavy atom. The van der Waals surface area contributed by atoms with E-state index in [0.717, 1.165) is 25.1 Å². The van der Waals surface area contributed by atoms with E-state index in [0.29, 0.717) is 18.9 Å². The van der Waals surface area contributed by atoms with E-state index in [-0.39, 0.29) is 10.8 Å². The number of rotatable bonds is 5. The number of carbonyl (C=O) groups excluding carboxylic acids is 1. The van der Waals surface area contributed by atoms with Crippen molar-refractivity contribution in [1.82, 2.24) is 4.90 Å². The predicted molar refractivity (Wildman–Crippen MR) is 79.8 cm³/mol. The van der Waals surface area contributed by atoms with Crippen molar-refractivity contribution in [2.45, 2.75) is 17.7 Å². The second-order valence-electron chi connectivity index (χ2n) is 5.54. The van der Waals surface area contributed by atoms with Gasteiger partial charge in [0.05, 0.1) is 17.9 Å². The second-order valence-corrected chi connectivity index (χ2v) is 7.56. The molecule has 0 unspecified atom stereocenters. The third-order valence-electron chi connectivity index (χ3n) is 3.75. The summed E-state index contributed by atoms with van der Waals surface area (Å²) in [6.07, 6.45) is 2.46. The lowest BCUT2D eigenvalue weighted by Crippen LogP contribution is -2.30. The molecule has 1 aliphatic rings. The summed E-state index contributed by atoms with van der Waals surface area (Å²) in [7, 11) is -1.51. The van der Waals surface area contributed by atoms with E-state index in [1.54, 1.807) is 31.4 Å². The molecule has 1 heterocycles. The Hall–Kier alpha value is -1.40. The van der Waals surface area contributed by atoms with E-state index in [1.165, 1.54) is 6.26 Å². The summed E-state index contributed by atoms with van der Waals surface area (Å²) >= 11 is 0. The van der Waals surface area contributed by atoms with Crippen LogP contribution in [0.3, 0.4) is 0 Å². The van der Waals surface area contributed by atoms with Gasteiger partial charge in [0.1, 0.15) is 0 Å². The highest BCUT2D eigenvalue weighted by Crippen LogP contribution is 2.18. The molecule has 0 aliphatic carbocycles. The molecular formula is C15H21NO4S. The molecule has 1 saturated heterocycles. The monoisotopic (exact) mass is 311 g/mol. The average molecular weight is 311 g/mol. The molecule has 1 aromatic rings. The van der Waals surface area contributed by atoms with E-state index in [1.807, 2.05) is 4.90 Å². The summed E-state index contributed by atoms with van der Waals surface area (Å²) < 4.78 is 27.9. The van der Waals surface area contributed by atoms with Crippen molar-refractivity contribution >= 4 is 15.7 Å². The molecule has 1 aliphatic heterocycles. The van der Waals surface area contributed by atoms with Crippen LogP contribution >= 0.6 is 0 Å². The van der Waals surface area contributed by atoms with Crippen LogP contribution in [-0.2, 0) is 25.8 Å². The Balaban J connectivity index is 1.94. The summed E-state index contributed by atoms with van der Waals surface area (Å²) in [6.45, 7) is 2.20. The van der Waals surface area contributed by atoms with Gasteiger partial charge in [0.25, 0.3) is 0 Å². The third-order valence-corrected chi connectivity index (χ3v) is 4.88. The fourth-order valence-corrected chi connectivity index (χ4v) is 3.20. The van der Waals surface area contributed by atoms with Crippen molar-refractivity contribution in [2.24, 2.45) is 5.92 Å². The number of benzene rings is 1. The van der Waals surface area contributed by atoms with Crippen molar-refractivity contribution in [3.05, 3.63) is 29.8 Å². The molecule has 116 valence electrons. The number of sulfone groups is 1. The maximum atomic E-state index is 12.2. The van der Waals surface area contributed by atoms with Crippen LogP contribution in [0.1, 0.15) is 12.0 Å². The zero-order chi connectivity index (χ0) is 15.5. The fourth-order valence-electron chi connectivity index (χ4n) is 2.57. The Labute approximate surface area is 125 Å². The Kier molecular flexibility index (Phi) is 5.00. The molecule has 1 aromatic carbocycles. The molecule has 0 saturated carbocycles. The number of likely N-dealkylation sites (tertiary alicyclic amines) is 1. The second kappa shape index (κ2) is 6.58. The van der Waals surface area contributed by atoms with E-state index >= 15 is 0 Å². The van der Waals surface area contributed by atoms with Crippen molar-refractivity contribution in [2.75, 3.05) is 33.1 Å². The summed E-state index contributed by atoms with van der Waals surface area (Å²) in [6, 6.07) is 6.51. The van der Waals surface area contributed by atoms with Crippen LogP contribution in [0.5, 0.6) is 0 Å². The number of hydrogen-bond acceptors (Lipinski definition) is 4. The van der Waals surface area contributed by atoms with Crippen molar-refractivity contribution in [3.8, 4) is 0 Å². The molecule has 5 nitrogen and oxygen atoms in total. The molecule has 0 N–H and O–H groups in total. The van der Waals surface area contributed by atoms with Gasteiger partial charge >= 0.3 is 0 Å². The molecule has 1 atom stereocenters. The highest BCUT2D eigenvalue weighted by Gasteiger charge is 2.25. The van der Waals surface area contributed by atoms with E-state index < -0.39 is 9.84 Å². The van der Waals surface area contributed by atoms with Crippen LogP contribution in [0.4, 0.5) is 0 Å². The minimum Gasteiger partial charge on any atom is -0.384 e. The van der Waals surface area contributed by atoms with Crippen LogP contribution in [0, 0.1) is 5.92 Å². The first-order valence-electron chi connectivity index (χ1n) is 6.96. The highest BCUT2D eigenvalue weighted by molar-refractivity contribution is 7.90. The largest absolute Gasteiger partial charge is 0.384 e. The van der Waals surface area contributed by atoms with Crippen LogP contribution in [-0.4, -0.2) is 52.3 Å². The summed E-state index contributed by atoms with van der Waals surface area (Å²) in [5.74, 6) is 0.507. The number of carbonyl (C=O) groups is 1. The maximum absolute atomic E-state index is 12.2. The zero-order valence-corrected chi connectivity index (χ0v) is 13.2. The van der Waals surface area contributed by atoms with Crippen LogP contribution in [0.25, 0.3) is 0 Å². The number of methoxy groups -OCH3 is 1. The number of hydrogen-bond donors (Lipinski definition) is 0. The van der Waals surface area contributed by atoms with E-state index in [4.69, 9.17) is 4.74 Å². The molecule has 0 spiro atoms. The van der Waals surface area contributed by atoms with Gasteiger partial charge in [-0.15, -0.1) is 0 Å². The van der Waals surface area contributed by atoms with Crippen molar-refractivity contribution in [3.63, 3.8) is 0 Å². The molecule has 1 fully saturated rings. The van der Waals surface area contributed by atoms with Gasteiger partial charge in [-0.25, -0.2) is 8.42 Å². The third kappa shape index (κ3) is 4.28. The first kappa shape index (κ1) is 16.0. The van der Waals surface area contributed by atoms with Crippen molar-refractivity contribution < 1.29 is 17.9 Å². The zero-order valence-electron chi connectivity index (χ0n) is 12.4. The topological polar surface area (TPSA) is 63.7 Å². The molecular weight excluding hydrogens is 290 g/mol. The van der Waals surface area contributed by atoms with Gasteiger partial charge < -0.3 is 9.64 Å². The normalized spacial score (nSPS) is 19.0. The van der Waals surface area contributed by atoms with Gasteiger partial charge in [0, 0.05) is 32.4 Å². The SMILES string of the molecule is COC[C@H]1CCN(C(=O)Cc2ccc(S(C)(=O)=O)cc2)C1. The first-order valence-corrected chi connectivity index (χ1v) is 8.85. The Morgan fingerprint density at radius 2 is 2.00 bits per heavy atom. The predicted octanol–water partition coefficient (Wildman–Crippen LogP) is 1.13. The fraction of sp³-hybridized carbons (Fsp3) is 0.533. The van der Waals surface area contributed by atoms with Crippen LogP contribution in [0.15, 0.2) is 29.2 Å².